The van der Waals surface area contributed by atoms with E-state index >= 15 is 0 Å². The Bertz CT molecular complexity index is 519. The van der Waals surface area contributed by atoms with Crippen molar-refractivity contribution in [2.45, 2.75) is 26.2 Å². The predicted molar refractivity (Wildman–Crippen MR) is 77.8 cm³/mol. The highest BCUT2D eigenvalue weighted by molar-refractivity contribution is 5.82. The van der Waals surface area contributed by atoms with Gasteiger partial charge in [-0.2, -0.15) is 0 Å². The van der Waals surface area contributed by atoms with Crippen molar-refractivity contribution in [2.75, 3.05) is 20.3 Å². The second-order valence-electron chi connectivity index (χ2n) is 5.57. The van der Waals surface area contributed by atoms with Crippen LogP contribution in [0.2, 0.25) is 0 Å². The second-order valence-corrected chi connectivity index (χ2v) is 5.57. The molecule has 2 N–H and O–H groups in total. The van der Waals surface area contributed by atoms with Crippen LogP contribution in [-0.4, -0.2) is 37.2 Å². The highest BCUT2D eigenvalue weighted by Crippen LogP contribution is 2.34. The summed E-state index contributed by atoms with van der Waals surface area (Å²) in [6.45, 7) is 5.43. The Morgan fingerprint density at radius 1 is 1.29 bits per heavy atom. The lowest BCUT2D eigenvalue weighted by molar-refractivity contribution is -0.138. The maximum absolute atomic E-state index is 11.5. The number of nitrogens with one attached hydrogen (secondary N) is 1. The molecule has 0 saturated heterocycles. The summed E-state index contributed by atoms with van der Waals surface area (Å²) in [5.74, 6) is -0.285. The third-order valence-corrected chi connectivity index (χ3v) is 2.79. The van der Waals surface area contributed by atoms with E-state index in [1.165, 1.54) is 0 Å². The Hall–Kier alpha value is -2.24. The number of carboxylic acid groups (broad SMARTS) is 1. The Labute approximate surface area is 124 Å². The lowest BCUT2D eigenvalue weighted by Gasteiger charge is -2.23. The fraction of sp³-hybridized carbons (Fsp3) is 0.467. The van der Waals surface area contributed by atoms with Gasteiger partial charge in [0.1, 0.15) is 18.0 Å². The standard InChI is InChI=1S/C15H21NO5/c1-15(2,3)11-7-10(20-4)5-6-12(11)21-9-13(17)16-8-14(18)19/h5-7H,8-9H2,1-4H3,(H,16,17)(H,18,19). The lowest BCUT2D eigenvalue weighted by Crippen LogP contribution is -2.33. The summed E-state index contributed by atoms with van der Waals surface area (Å²) >= 11 is 0. The van der Waals surface area contributed by atoms with Gasteiger partial charge in [-0.05, 0) is 23.6 Å². The smallest absolute Gasteiger partial charge is 0.322 e. The molecule has 0 spiro atoms. The molecule has 0 aliphatic carbocycles. The number of carbonyl (C=O) groups is 2. The normalized spacial score (nSPS) is 10.9. The number of rotatable bonds is 6. The molecule has 0 bridgehead atoms. The minimum atomic E-state index is -1.09. The van der Waals surface area contributed by atoms with Crippen LogP contribution in [0.3, 0.4) is 0 Å². The number of hydrogen-bond acceptors (Lipinski definition) is 4. The van der Waals surface area contributed by atoms with Crippen molar-refractivity contribution in [2.24, 2.45) is 0 Å². The first kappa shape index (κ1) is 16.8. The molecule has 0 saturated carbocycles. The summed E-state index contributed by atoms with van der Waals surface area (Å²) in [6, 6.07) is 5.36. The number of benzene rings is 1. The first-order valence-electron chi connectivity index (χ1n) is 6.54. The van der Waals surface area contributed by atoms with E-state index < -0.39 is 18.4 Å². The van der Waals surface area contributed by atoms with Gasteiger partial charge in [-0.25, -0.2) is 0 Å². The zero-order valence-electron chi connectivity index (χ0n) is 12.7. The predicted octanol–water partition coefficient (Wildman–Crippen LogP) is 1.57. The van der Waals surface area contributed by atoms with Crippen molar-refractivity contribution < 1.29 is 24.2 Å². The van der Waals surface area contributed by atoms with E-state index in [9.17, 15) is 9.59 Å². The van der Waals surface area contributed by atoms with E-state index in [1.807, 2.05) is 26.8 Å². The number of methoxy groups -OCH3 is 1. The molecule has 1 rings (SSSR count). The van der Waals surface area contributed by atoms with Crippen LogP contribution < -0.4 is 14.8 Å². The molecule has 0 atom stereocenters. The maximum Gasteiger partial charge on any atom is 0.322 e. The third-order valence-electron chi connectivity index (χ3n) is 2.79. The maximum atomic E-state index is 11.5. The fourth-order valence-electron chi connectivity index (χ4n) is 1.72. The number of aliphatic carboxylic acids is 1. The van der Waals surface area contributed by atoms with Crippen molar-refractivity contribution >= 4 is 11.9 Å². The van der Waals surface area contributed by atoms with Crippen LogP contribution in [0, 0.1) is 0 Å². The van der Waals surface area contributed by atoms with Crippen LogP contribution in [0.15, 0.2) is 18.2 Å². The molecular formula is C15H21NO5. The molecule has 0 aromatic heterocycles. The van der Waals surface area contributed by atoms with E-state index in [1.54, 1.807) is 19.2 Å². The van der Waals surface area contributed by atoms with E-state index in [4.69, 9.17) is 14.6 Å². The zero-order valence-corrected chi connectivity index (χ0v) is 12.7. The highest BCUT2D eigenvalue weighted by Gasteiger charge is 2.20. The summed E-state index contributed by atoms with van der Waals surface area (Å²) in [6.07, 6.45) is 0. The first-order valence-corrected chi connectivity index (χ1v) is 6.54. The van der Waals surface area contributed by atoms with E-state index in [2.05, 4.69) is 5.32 Å². The van der Waals surface area contributed by atoms with Gasteiger partial charge in [0.25, 0.3) is 5.91 Å². The molecule has 116 valence electrons. The molecule has 0 heterocycles. The van der Waals surface area contributed by atoms with Gasteiger partial charge in [-0.3, -0.25) is 9.59 Å². The number of hydrogen-bond donors (Lipinski definition) is 2. The van der Waals surface area contributed by atoms with Crippen LogP contribution in [0.4, 0.5) is 0 Å². The Morgan fingerprint density at radius 2 is 1.95 bits per heavy atom. The third kappa shape index (κ3) is 5.33. The second kappa shape index (κ2) is 6.97. The molecule has 6 heteroatoms. The largest absolute Gasteiger partial charge is 0.497 e. The van der Waals surface area contributed by atoms with Crippen LogP contribution >= 0.6 is 0 Å². The van der Waals surface area contributed by atoms with E-state index in [-0.39, 0.29) is 12.0 Å². The van der Waals surface area contributed by atoms with Crippen molar-refractivity contribution in [3.8, 4) is 11.5 Å². The molecule has 21 heavy (non-hydrogen) atoms. The van der Waals surface area contributed by atoms with Gasteiger partial charge in [-0.15, -0.1) is 0 Å². The van der Waals surface area contributed by atoms with E-state index in [0.717, 1.165) is 5.56 Å². The average molecular weight is 295 g/mol. The first-order chi connectivity index (χ1) is 9.74. The SMILES string of the molecule is COc1ccc(OCC(=O)NCC(=O)O)c(C(C)(C)C)c1. The van der Waals surface area contributed by atoms with Gasteiger partial charge < -0.3 is 19.9 Å². The molecule has 0 unspecified atom stereocenters. The topological polar surface area (TPSA) is 84.9 Å². The molecule has 1 amide bonds. The highest BCUT2D eigenvalue weighted by atomic mass is 16.5. The summed E-state index contributed by atoms with van der Waals surface area (Å²) < 4.78 is 10.7. The quantitative estimate of drug-likeness (QED) is 0.832. The molecule has 0 aliphatic rings. The summed E-state index contributed by atoms with van der Waals surface area (Å²) in [5, 5.41) is 10.7. The van der Waals surface area contributed by atoms with Crippen LogP contribution in [0.25, 0.3) is 0 Å². The fourth-order valence-corrected chi connectivity index (χ4v) is 1.72. The van der Waals surface area contributed by atoms with Gasteiger partial charge in [-0.1, -0.05) is 20.8 Å². The summed E-state index contributed by atoms with van der Waals surface area (Å²) in [4.78, 5) is 21.8. The Kier molecular flexibility index (Phi) is 5.58. The monoisotopic (exact) mass is 295 g/mol. The van der Waals surface area contributed by atoms with Gasteiger partial charge in [0, 0.05) is 5.56 Å². The van der Waals surface area contributed by atoms with Gasteiger partial charge in [0.15, 0.2) is 6.61 Å². The van der Waals surface area contributed by atoms with Crippen molar-refractivity contribution in [1.29, 1.82) is 0 Å². The number of ether oxygens (including phenoxy) is 2. The molecule has 1 aromatic carbocycles. The van der Waals surface area contributed by atoms with Crippen molar-refractivity contribution in [1.82, 2.24) is 5.32 Å². The van der Waals surface area contributed by atoms with Crippen molar-refractivity contribution in [3.05, 3.63) is 23.8 Å². The molecule has 0 aliphatic heterocycles. The van der Waals surface area contributed by atoms with Gasteiger partial charge in [0.05, 0.1) is 7.11 Å². The van der Waals surface area contributed by atoms with Crippen LogP contribution in [-0.2, 0) is 15.0 Å². The van der Waals surface area contributed by atoms with Crippen LogP contribution in [0.5, 0.6) is 11.5 Å². The number of carboxylic acids is 1. The minimum absolute atomic E-state index is 0.179. The van der Waals surface area contributed by atoms with Crippen LogP contribution in [0.1, 0.15) is 26.3 Å². The van der Waals surface area contributed by atoms with Gasteiger partial charge in [0.2, 0.25) is 0 Å². The molecule has 6 nitrogen and oxygen atoms in total. The molecule has 0 fully saturated rings. The van der Waals surface area contributed by atoms with Crippen molar-refractivity contribution in [3.63, 3.8) is 0 Å². The lowest BCUT2D eigenvalue weighted by atomic mass is 9.86. The minimum Gasteiger partial charge on any atom is -0.497 e. The average Bonchev–Trinajstić information content (AvgIpc) is 2.41. The summed E-state index contributed by atoms with van der Waals surface area (Å²) in [7, 11) is 1.58. The Balaban J connectivity index is 2.79. The molecule has 0 radical (unpaired) electrons. The van der Waals surface area contributed by atoms with Gasteiger partial charge >= 0.3 is 5.97 Å². The number of carbonyl (C=O) groups excluding carboxylic acids is 1. The molecule has 1 aromatic rings. The summed E-state index contributed by atoms with van der Waals surface area (Å²) in [5.41, 5.74) is 0.731. The molecular weight excluding hydrogens is 274 g/mol. The number of amides is 1. The zero-order chi connectivity index (χ0) is 16.0. The Morgan fingerprint density at radius 3 is 2.48 bits per heavy atom. The van der Waals surface area contributed by atoms with E-state index in [0.29, 0.717) is 11.5 Å².